The fourth-order valence-corrected chi connectivity index (χ4v) is 4.34. The molecule has 5 aromatic heterocycles. The SMILES string of the molecule is CCCCC(=O)Nc1cncc(-c2cc3c(-c4nc5c(-c6ccccn6)cccc5[nH]4)n[nH]c3cn2)c1. The fourth-order valence-electron chi connectivity index (χ4n) is 4.34. The van der Waals surface area contributed by atoms with Gasteiger partial charge < -0.3 is 10.3 Å². The molecule has 0 radical (unpaired) electrons. The van der Waals surface area contributed by atoms with Crippen LogP contribution in [0.3, 0.4) is 0 Å². The van der Waals surface area contributed by atoms with E-state index in [0.717, 1.165) is 57.3 Å². The summed E-state index contributed by atoms with van der Waals surface area (Å²) in [5.74, 6) is 0.633. The van der Waals surface area contributed by atoms with Crippen LogP contribution in [0, 0.1) is 0 Å². The van der Waals surface area contributed by atoms with Gasteiger partial charge in [-0.2, -0.15) is 5.10 Å². The highest BCUT2D eigenvalue weighted by molar-refractivity contribution is 5.97. The van der Waals surface area contributed by atoms with Gasteiger partial charge in [0.2, 0.25) is 5.91 Å². The Morgan fingerprint density at radius 1 is 0.973 bits per heavy atom. The highest BCUT2D eigenvalue weighted by Gasteiger charge is 2.16. The first kappa shape index (κ1) is 22.5. The molecule has 5 heterocycles. The third kappa shape index (κ3) is 4.42. The molecule has 0 fully saturated rings. The number of benzene rings is 1. The summed E-state index contributed by atoms with van der Waals surface area (Å²) in [7, 11) is 0. The van der Waals surface area contributed by atoms with Crippen LogP contribution in [0.15, 0.2) is 73.3 Å². The summed E-state index contributed by atoms with van der Waals surface area (Å²) in [5, 5.41) is 11.4. The van der Waals surface area contributed by atoms with Gasteiger partial charge in [0.05, 0.1) is 46.0 Å². The van der Waals surface area contributed by atoms with Gasteiger partial charge in [-0.1, -0.05) is 31.5 Å². The zero-order valence-electron chi connectivity index (χ0n) is 20.2. The minimum Gasteiger partial charge on any atom is -0.337 e. The molecule has 37 heavy (non-hydrogen) atoms. The third-order valence-electron chi connectivity index (χ3n) is 6.20. The Hall–Kier alpha value is -4.92. The molecule has 0 aliphatic rings. The molecule has 0 bridgehead atoms. The molecule has 182 valence electrons. The highest BCUT2D eigenvalue weighted by Crippen LogP contribution is 2.32. The maximum absolute atomic E-state index is 12.2. The monoisotopic (exact) mass is 488 g/mol. The van der Waals surface area contributed by atoms with Crippen LogP contribution in [0.4, 0.5) is 5.69 Å². The zero-order valence-corrected chi connectivity index (χ0v) is 20.2. The number of nitrogens with one attached hydrogen (secondary N) is 3. The van der Waals surface area contributed by atoms with Crippen LogP contribution in [0.2, 0.25) is 0 Å². The second-order valence-electron chi connectivity index (χ2n) is 8.80. The van der Waals surface area contributed by atoms with Gasteiger partial charge in [-0.25, -0.2) is 4.98 Å². The Morgan fingerprint density at radius 3 is 2.78 bits per heavy atom. The number of carbonyl (C=O) groups is 1. The Labute approximate surface area is 212 Å². The quantitative estimate of drug-likeness (QED) is 0.263. The molecule has 0 saturated carbocycles. The van der Waals surface area contributed by atoms with Crippen LogP contribution in [0.5, 0.6) is 0 Å². The minimum absolute atomic E-state index is 0.0173. The number of carbonyl (C=O) groups excluding carboxylic acids is 1. The molecular weight excluding hydrogens is 464 g/mol. The molecule has 0 saturated heterocycles. The van der Waals surface area contributed by atoms with Gasteiger partial charge in [-0.15, -0.1) is 0 Å². The number of nitrogens with zero attached hydrogens (tertiary/aromatic N) is 5. The Kier molecular flexibility index (Phi) is 5.86. The van der Waals surface area contributed by atoms with Crippen molar-refractivity contribution in [2.45, 2.75) is 26.2 Å². The lowest BCUT2D eigenvalue weighted by atomic mass is 10.1. The van der Waals surface area contributed by atoms with Crippen molar-refractivity contribution in [3.05, 3.63) is 73.3 Å². The molecule has 1 amide bonds. The van der Waals surface area contributed by atoms with Crippen molar-refractivity contribution in [2.75, 3.05) is 5.32 Å². The Bertz CT molecular complexity index is 1720. The molecule has 6 aromatic rings. The molecule has 0 aliphatic heterocycles. The number of aromatic amines is 2. The van der Waals surface area contributed by atoms with Gasteiger partial charge in [0.1, 0.15) is 5.69 Å². The van der Waals surface area contributed by atoms with E-state index in [4.69, 9.17) is 4.98 Å². The lowest BCUT2D eigenvalue weighted by Crippen LogP contribution is -2.11. The van der Waals surface area contributed by atoms with E-state index >= 15 is 0 Å². The standard InChI is InChI=1S/C28H24N8O/c1-2-3-10-25(37)32-18-12-17(14-29-15-18)23-13-20-24(16-31-23)35-36-27(20)28-33-22-9-6-7-19(26(22)34-28)21-8-4-5-11-30-21/h4-9,11-16H,2-3,10H2,1H3,(H,32,37)(H,33,34)(H,35,36). The highest BCUT2D eigenvalue weighted by atomic mass is 16.1. The largest absolute Gasteiger partial charge is 0.337 e. The molecule has 0 atom stereocenters. The van der Waals surface area contributed by atoms with Gasteiger partial charge in [-0.3, -0.25) is 24.8 Å². The van der Waals surface area contributed by atoms with E-state index in [0.29, 0.717) is 23.6 Å². The third-order valence-corrected chi connectivity index (χ3v) is 6.20. The van der Waals surface area contributed by atoms with E-state index in [1.165, 1.54) is 0 Å². The van der Waals surface area contributed by atoms with Gasteiger partial charge in [0.15, 0.2) is 5.82 Å². The van der Waals surface area contributed by atoms with Crippen LogP contribution in [0.25, 0.3) is 56.0 Å². The molecule has 3 N–H and O–H groups in total. The predicted octanol–water partition coefficient (Wildman–Crippen LogP) is 5.75. The van der Waals surface area contributed by atoms with E-state index in [-0.39, 0.29) is 5.91 Å². The number of hydrogen-bond donors (Lipinski definition) is 3. The first-order valence-electron chi connectivity index (χ1n) is 12.2. The van der Waals surface area contributed by atoms with Crippen LogP contribution >= 0.6 is 0 Å². The second kappa shape index (κ2) is 9.62. The van der Waals surface area contributed by atoms with Crippen molar-refractivity contribution in [3.8, 4) is 34.0 Å². The van der Waals surface area contributed by atoms with Crippen LogP contribution in [-0.4, -0.2) is 41.0 Å². The number of H-pyrrole nitrogens is 2. The Morgan fingerprint density at radius 2 is 1.92 bits per heavy atom. The summed E-state index contributed by atoms with van der Waals surface area (Å²) in [6.45, 7) is 2.06. The van der Waals surface area contributed by atoms with Crippen molar-refractivity contribution >= 4 is 33.5 Å². The van der Waals surface area contributed by atoms with Crippen molar-refractivity contribution < 1.29 is 4.79 Å². The topological polar surface area (TPSA) is 125 Å². The van der Waals surface area contributed by atoms with Gasteiger partial charge in [-0.05, 0) is 36.8 Å². The number of fused-ring (bicyclic) bond motifs is 2. The lowest BCUT2D eigenvalue weighted by Gasteiger charge is -2.07. The average molecular weight is 489 g/mol. The van der Waals surface area contributed by atoms with Gasteiger partial charge >= 0.3 is 0 Å². The van der Waals surface area contributed by atoms with E-state index in [1.54, 1.807) is 24.8 Å². The summed E-state index contributed by atoms with van der Waals surface area (Å²) >= 11 is 0. The summed E-state index contributed by atoms with van der Waals surface area (Å²) in [4.78, 5) is 33.9. The van der Waals surface area contributed by atoms with Crippen molar-refractivity contribution in [1.29, 1.82) is 0 Å². The molecule has 9 heteroatoms. The predicted molar refractivity (Wildman–Crippen MR) is 144 cm³/mol. The number of anilines is 1. The maximum Gasteiger partial charge on any atom is 0.224 e. The second-order valence-corrected chi connectivity index (χ2v) is 8.80. The molecule has 1 aromatic carbocycles. The van der Waals surface area contributed by atoms with Crippen molar-refractivity contribution in [2.24, 2.45) is 0 Å². The zero-order chi connectivity index (χ0) is 25.2. The average Bonchev–Trinajstić information content (AvgIpc) is 3.56. The van der Waals surface area contributed by atoms with E-state index in [1.807, 2.05) is 48.5 Å². The summed E-state index contributed by atoms with van der Waals surface area (Å²) in [6.07, 6.45) is 9.21. The van der Waals surface area contributed by atoms with Crippen LogP contribution < -0.4 is 5.32 Å². The number of unbranched alkanes of at least 4 members (excludes halogenated alkanes) is 1. The molecule has 0 aliphatic carbocycles. The normalized spacial score (nSPS) is 11.3. The smallest absolute Gasteiger partial charge is 0.224 e. The first-order chi connectivity index (χ1) is 18.2. The molecule has 0 spiro atoms. The summed E-state index contributed by atoms with van der Waals surface area (Å²) in [6, 6.07) is 15.7. The van der Waals surface area contributed by atoms with Gasteiger partial charge in [0, 0.05) is 35.3 Å². The van der Waals surface area contributed by atoms with Crippen molar-refractivity contribution in [1.82, 2.24) is 35.1 Å². The summed E-state index contributed by atoms with van der Waals surface area (Å²) in [5.41, 5.74) is 7.19. The number of pyridine rings is 3. The van der Waals surface area contributed by atoms with Crippen molar-refractivity contribution in [3.63, 3.8) is 0 Å². The fraction of sp³-hybridized carbons (Fsp3) is 0.143. The Balaban J connectivity index is 1.37. The van der Waals surface area contributed by atoms with E-state index in [2.05, 4.69) is 42.4 Å². The lowest BCUT2D eigenvalue weighted by molar-refractivity contribution is -0.116. The minimum atomic E-state index is -0.0173. The molecule has 9 nitrogen and oxygen atoms in total. The van der Waals surface area contributed by atoms with Crippen LogP contribution in [0.1, 0.15) is 26.2 Å². The maximum atomic E-state index is 12.2. The van der Waals surface area contributed by atoms with E-state index in [9.17, 15) is 4.79 Å². The summed E-state index contributed by atoms with van der Waals surface area (Å²) < 4.78 is 0. The first-order valence-corrected chi connectivity index (χ1v) is 12.2. The number of aromatic nitrogens is 7. The molecule has 0 unspecified atom stereocenters. The number of para-hydroxylation sites is 1. The molecular formula is C28H24N8O. The number of rotatable bonds is 7. The van der Waals surface area contributed by atoms with Crippen LogP contribution in [-0.2, 0) is 4.79 Å². The molecule has 6 rings (SSSR count). The number of amides is 1. The van der Waals surface area contributed by atoms with E-state index < -0.39 is 0 Å². The number of hydrogen-bond acceptors (Lipinski definition) is 6. The number of imidazole rings is 1. The van der Waals surface area contributed by atoms with Gasteiger partial charge in [0.25, 0.3) is 0 Å².